The number of fused-ring (bicyclic) bond motifs is 1. The Hall–Kier alpha value is -0.890. The molecule has 0 amide bonds. The summed E-state index contributed by atoms with van der Waals surface area (Å²) >= 11 is 0. The third-order valence-corrected chi connectivity index (χ3v) is 6.49. The first-order valence-corrected chi connectivity index (χ1v) is 8.78. The number of aldehydes is 1. The zero-order valence-electron chi connectivity index (χ0n) is 14.5. The quantitative estimate of drug-likeness (QED) is 0.455. The van der Waals surface area contributed by atoms with Crippen LogP contribution in [-0.4, -0.2) is 18.0 Å². The minimum absolute atomic E-state index is 0.0448. The van der Waals surface area contributed by atoms with Crippen molar-refractivity contribution in [2.75, 3.05) is 6.61 Å². The fourth-order valence-electron chi connectivity index (χ4n) is 5.32. The lowest BCUT2D eigenvalue weighted by molar-refractivity contribution is -0.105. The van der Waals surface area contributed by atoms with Gasteiger partial charge in [0.05, 0.1) is 0 Å². The van der Waals surface area contributed by atoms with Crippen LogP contribution >= 0.6 is 0 Å². The molecule has 0 aromatic heterocycles. The number of aliphatic hydroxyl groups is 1. The minimum atomic E-state index is 0.0448. The Kier molecular flexibility index (Phi) is 5.32. The second-order valence-electron chi connectivity index (χ2n) is 8.26. The molecule has 2 aliphatic rings. The first-order chi connectivity index (χ1) is 10.3. The van der Waals surface area contributed by atoms with Crippen LogP contribution in [0.1, 0.15) is 65.7 Å². The van der Waals surface area contributed by atoms with E-state index in [2.05, 4.69) is 27.4 Å². The van der Waals surface area contributed by atoms with Gasteiger partial charge in [0.1, 0.15) is 6.29 Å². The third kappa shape index (κ3) is 3.22. The Morgan fingerprint density at radius 2 is 2.09 bits per heavy atom. The molecule has 3 atom stereocenters. The maximum atomic E-state index is 11.1. The smallest absolute Gasteiger partial charge is 0.145 e. The molecule has 0 aromatic rings. The molecule has 0 saturated heterocycles. The van der Waals surface area contributed by atoms with Crippen LogP contribution in [0.3, 0.4) is 0 Å². The molecule has 0 bridgehead atoms. The number of carbonyl (C=O) groups is 1. The maximum absolute atomic E-state index is 11.1. The molecule has 2 heteroatoms. The standard InChI is InChI=1S/C20H32O2/c1-15-6-9-18-19(2,3)11-5-12-20(18,4)17(15)8-7-16(14-22)10-13-21/h7,14,17-18,21H,1,5-6,8-13H2,2-4H3/b16-7+/t17-,18-,20-/m0/s1. The van der Waals surface area contributed by atoms with Crippen LogP contribution in [0.2, 0.25) is 0 Å². The molecule has 0 spiro atoms. The van der Waals surface area contributed by atoms with Crippen LogP contribution in [0.15, 0.2) is 23.8 Å². The van der Waals surface area contributed by atoms with E-state index in [0.29, 0.717) is 23.2 Å². The second-order valence-corrected chi connectivity index (χ2v) is 8.26. The van der Waals surface area contributed by atoms with Crippen molar-refractivity contribution in [3.63, 3.8) is 0 Å². The summed E-state index contributed by atoms with van der Waals surface area (Å²) < 4.78 is 0. The monoisotopic (exact) mass is 304 g/mol. The van der Waals surface area contributed by atoms with Gasteiger partial charge in [-0.05, 0) is 66.8 Å². The topological polar surface area (TPSA) is 37.3 Å². The Balaban J connectivity index is 2.24. The molecular weight excluding hydrogens is 272 g/mol. The Bertz CT molecular complexity index is 460. The predicted octanol–water partition coefficient (Wildman–Crippen LogP) is 4.68. The van der Waals surface area contributed by atoms with Gasteiger partial charge in [-0.2, -0.15) is 0 Å². The van der Waals surface area contributed by atoms with Crippen molar-refractivity contribution in [3.05, 3.63) is 23.8 Å². The van der Waals surface area contributed by atoms with Crippen LogP contribution in [0, 0.1) is 22.7 Å². The number of carbonyl (C=O) groups excluding carboxylic acids is 1. The zero-order valence-corrected chi connectivity index (χ0v) is 14.5. The number of allylic oxidation sites excluding steroid dienone is 2. The molecule has 22 heavy (non-hydrogen) atoms. The van der Waals surface area contributed by atoms with Gasteiger partial charge in [0.2, 0.25) is 0 Å². The minimum Gasteiger partial charge on any atom is -0.396 e. The largest absolute Gasteiger partial charge is 0.396 e. The lowest BCUT2D eigenvalue weighted by Crippen LogP contribution is -2.49. The highest BCUT2D eigenvalue weighted by atomic mass is 16.3. The predicted molar refractivity (Wildman–Crippen MR) is 91.6 cm³/mol. The van der Waals surface area contributed by atoms with Crippen molar-refractivity contribution in [3.8, 4) is 0 Å². The lowest BCUT2D eigenvalue weighted by Gasteiger charge is -2.58. The van der Waals surface area contributed by atoms with E-state index in [-0.39, 0.29) is 6.61 Å². The maximum Gasteiger partial charge on any atom is 0.145 e. The van der Waals surface area contributed by atoms with Crippen molar-refractivity contribution in [1.82, 2.24) is 0 Å². The molecule has 2 nitrogen and oxygen atoms in total. The first-order valence-electron chi connectivity index (χ1n) is 8.78. The third-order valence-electron chi connectivity index (χ3n) is 6.49. The summed E-state index contributed by atoms with van der Waals surface area (Å²) in [5.41, 5.74) is 2.81. The average Bonchev–Trinajstić information content (AvgIpc) is 2.44. The van der Waals surface area contributed by atoms with Gasteiger partial charge in [0.15, 0.2) is 0 Å². The van der Waals surface area contributed by atoms with Crippen LogP contribution in [0.4, 0.5) is 0 Å². The Morgan fingerprint density at radius 1 is 1.36 bits per heavy atom. The van der Waals surface area contributed by atoms with Crippen molar-refractivity contribution in [2.24, 2.45) is 22.7 Å². The number of aliphatic hydroxyl groups excluding tert-OH is 1. The van der Waals surface area contributed by atoms with E-state index >= 15 is 0 Å². The summed E-state index contributed by atoms with van der Waals surface area (Å²) in [6, 6.07) is 0. The van der Waals surface area contributed by atoms with Crippen LogP contribution in [0.5, 0.6) is 0 Å². The number of hydrogen-bond donors (Lipinski definition) is 1. The van der Waals surface area contributed by atoms with E-state index in [1.165, 1.54) is 31.3 Å². The molecule has 0 aliphatic heterocycles. The summed E-state index contributed by atoms with van der Waals surface area (Å²) in [7, 11) is 0. The number of rotatable bonds is 5. The van der Waals surface area contributed by atoms with Crippen LogP contribution in [0.25, 0.3) is 0 Å². The van der Waals surface area contributed by atoms with E-state index in [4.69, 9.17) is 5.11 Å². The molecule has 124 valence electrons. The summed E-state index contributed by atoms with van der Waals surface area (Å²) in [5.74, 6) is 1.22. The summed E-state index contributed by atoms with van der Waals surface area (Å²) in [6.45, 7) is 11.7. The normalized spacial score (nSPS) is 35.1. The van der Waals surface area contributed by atoms with Gasteiger partial charge in [0, 0.05) is 6.61 Å². The van der Waals surface area contributed by atoms with Gasteiger partial charge in [0.25, 0.3) is 0 Å². The first kappa shape index (κ1) is 17.5. The van der Waals surface area contributed by atoms with Crippen LogP contribution in [-0.2, 0) is 4.79 Å². The fraction of sp³-hybridized carbons (Fsp3) is 0.750. The van der Waals surface area contributed by atoms with Crippen molar-refractivity contribution in [1.29, 1.82) is 0 Å². The van der Waals surface area contributed by atoms with Gasteiger partial charge < -0.3 is 5.11 Å². The van der Waals surface area contributed by atoms with E-state index in [9.17, 15) is 4.79 Å². The second kappa shape index (κ2) is 6.70. The van der Waals surface area contributed by atoms with Gasteiger partial charge in [-0.1, -0.05) is 45.4 Å². The van der Waals surface area contributed by atoms with Gasteiger partial charge in [-0.25, -0.2) is 0 Å². The molecule has 2 aliphatic carbocycles. The summed E-state index contributed by atoms with van der Waals surface area (Å²) in [6.07, 6.45) is 10.6. The van der Waals surface area contributed by atoms with Crippen molar-refractivity contribution in [2.45, 2.75) is 65.7 Å². The van der Waals surface area contributed by atoms with E-state index in [0.717, 1.165) is 30.6 Å². The highest BCUT2D eigenvalue weighted by molar-refractivity contribution is 5.73. The molecule has 0 unspecified atom stereocenters. The van der Waals surface area contributed by atoms with Crippen molar-refractivity contribution < 1.29 is 9.90 Å². The van der Waals surface area contributed by atoms with E-state index in [1.54, 1.807) is 0 Å². The van der Waals surface area contributed by atoms with Gasteiger partial charge in [-0.3, -0.25) is 4.79 Å². The molecule has 0 radical (unpaired) electrons. The molecule has 0 heterocycles. The molecule has 2 fully saturated rings. The molecule has 0 aromatic carbocycles. The molecule has 2 saturated carbocycles. The average molecular weight is 304 g/mol. The lowest BCUT2D eigenvalue weighted by atomic mass is 9.47. The van der Waals surface area contributed by atoms with E-state index < -0.39 is 0 Å². The van der Waals surface area contributed by atoms with Gasteiger partial charge in [-0.15, -0.1) is 0 Å². The SMILES string of the molecule is C=C1CC[C@H]2C(C)(C)CCC[C@@]2(C)[C@H]1C/C=C(/C=O)CCO. The Labute approximate surface area is 135 Å². The molecule has 1 N–H and O–H groups in total. The van der Waals surface area contributed by atoms with E-state index in [1.807, 2.05) is 6.08 Å². The highest BCUT2D eigenvalue weighted by Crippen LogP contribution is 2.61. The summed E-state index contributed by atoms with van der Waals surface area (Å²) in [4.78, 5) is 11.1. The Morgan fingerprint density at radius 3 is 2.73 bits per heavy atom. The fourth-order valence-corrected chi connectivity index (χ4v) is 5.32. The molecule has 2 rings (SSSR count). The summed E-state index contributed by atoms with van der Waals surface area (Å²) in [5, 5.41) is 9.05. The number of hydrogen-bond acceptors (Lipinski definition) is 2. The zero-order chi connectivity index (χ0) is 16.4. The van der Waals surface area contributed by atoms with Crippen molar-refractivity contribution >= 4 is 6.29 Å². The van der Waals surface area contributed by atoms with Crippen LogP contribution < -0.4 is 0 Å². The highest BCUT2D eigenvalue weighted by Gasteiger charge is 2.52. The van der Waals surface area contributed by atoms with Gasteiger partial charge >= 0.3 is 0 Å². The molecular formula is C20H32O2.